The van der Waals surface area contributed by atoms with Crippen LogP contribution < -0.4 is 5.32 Å². The van der Waals surface area contributed by atoms with Gasteiger partial charge in [0.1, 0.15) is 12.7 Å². The van der Waals surface area contributed by atoms with Crippen LogP contribution in [0.3, 0.4) is 0 Å². The molecule has 0 heterocycles. The van der Waals surface area contributed by atoms with Gasteiger partial charge in [-0.15, -0.1) is 0 Å². The van der Waals surface area contributed by atoms with Gasteiger partial charge in [0.05, 0.1) is 13.2 Å². The summed E-state index contributed by atoms with van der Waals surface area (Å²) < 4.78 is 26.9. The second-order valence-corrected chi connectivity index (χ2v) is 18.5. The maximum atomic E-state index is 12.4. The molecule has 0 saturated heterocycles. The number of allylic oxidation sites excluding steroid dienone is 12. The summed E-state index contributed by atoms with van der Waals surface area (Å²) in [4.78, 5) is 46.1. The highest BCUT2D eigenvalue weighted by atomic mass is 31.2. The van der Waals surface area contributed by atoms with E-state index in [0.717, 1.165) is 96.3 Å². The number of phosphoric ester groups is 1. The smallest absolute Gasteiger partial charge is 0.472 e. The first kappa shape index (κ1) is 61.9. The Bertz CT molecular complexity index is 1370. The summed E-state index contributed by atoms with van der Waals surface area (Å²) >= 11 is 0. The van der Waals surface area contributed by atoms with Gasteiger partial charge in [0.25, 0.3) is 0 Å². The number of ether oxygens (including phenoxy) is 1. The van der Waals surface area contributed by atoms with Crippen molar-refractivity contribution in [2.75, 3.05) is 19.8 Å². The Labute approximate surface area is 395 Å². The molecule has 3 atom stereocenters. The molecule has 0 radical (unpaired) electrons. The quantitative estimate of drug-likeness (QED) is 0.0199. The first-order valence-electron chi connectivity index (χ1n) is 25.5. The molecule has 0 aromatic rings. The van der Waals surface area contributed by atoms with Gasteiger partial charge in [-0.2, -0.15) is 0 Å². The number of nitrogens with one attached hydrogen (secondary N) is 1. The van der Waals surface area contributed by atoms with E-state index in [1.807, 2.05) is 0 Å². The SMILES string of the molecule is CCCCC/C=C\C/C=C\C/C=C\C/C=C\CCCCCCCCCC(=O)NC(COP(=O)(O)OCC(O)COC(=O)CCCCCCCCC/C=C\C/C=C\CCCCCC)C(=O)O. The molecule has 0 rings (SSSR count). The van der Waals surface area contributed by atoms with Gasteiger partial charge in [-0.3, -0.25) is 18.6 Å². The zero-order valence-electron chi connectivity index (χ0n) is 40.8. The Morgan fingerprint density at radius 3 is 1.29 bits per heavy atom. The number of carbonyl (C=O) groups is 3. The van der Waals surface area contributed by atoms with E-state index >= 15 is 0 Å². The number of amides is 1. The highest BCUT2D eigenvalue weighted by molar-refractivity contribution is 7.47. The van der Waals surface area contributed by atoms with Crippen LogP contribution in [0, 0.1) is 0 Å². The first-order chi connectivity index (χ1) is 31.6. The van der Waals surface area contributed by atoms with Crippen molar-refractivity contribution in [2.45, 2.75) is 225 Å². The lowest BCUT2D eigenvalue weighted by Crippen LogP contribution is -2.43. The molecule has 1 amide bonds. The maximum Gasteiger partial charge on any atom is 0.472 e. The maximum absolute atomic E-state index is 12.4. The molecule has 0 bridgehead atoms. The molecule has 0 aromatic carbocycles. The van der Waals surface area contributed by atoms with Crippen molar-refractivity contribution in [2.24, 2.45) is 0 Å². The average molecular weight is 934 g/mol. The Morgan fingerprint density at radius 1 is 0.492 bits per heavy atom. The fourth-order valence-electron chi connectivity index (χ4n) is 6.74. The summed E-state index contributed by atoms with van der Waals surface area (Å²) in [6, 6.07) is -1.56. The third-order valence-electron chi connectivity index (χ3n) is 10.7. The Morgan fingerprint density at radius 2 is 0.846 bits per heavy atom. The predicted molar refractivity (Wildman–Crippen MR) is 268 cm³/mol. The fourth-order valence-corrected chi connectivity index (χ4v) is 7.51. The van der Waals surface area contributed by atoms with Crippen LogP contribution in [0.25, 0.3) is 0 Å². The van der Waals surface area contributed by atoms with Crippen molar-refractivity contribution >= 4 is 25.7 Å². The van der Waals surface area contributed by atoms with Crippen LogP contribution in [0.5, 0.6) is 0 Å². The zero-order valence-corrected chi connectivity index (χ0v) is 41.7. The lowest BCUT2D eigenvalue weighted by atomic mass is 10.1. The highest BCUT2D eigenvalue weighted by Crippen LogP contribution is 2.43. The van der Waals surface area contributed by atoms with Crippen molar-refractivity contribution in [3.63, 3.8) is 0 Å². The van der Waals surface area contributed by atoms with Crippen molar-refractivity contribution in [1.29, 1.82) is 0 Å². The molecule has 3 unspecified atom stereocenters. The molecule has 0 aliphatic heterocycles. The van der Waals surface area contributed by atoms with E-state index in [1.54, 1.807) is 0 Å². The molecular weight excluding hydrogens is 842 g/mol. The highest BCUT2D eigenvalue weighted by Gasteiger charge is 2.28. The van der Waals surface area contributed by atoms with Gasteiger partial charge >= 0.3 is 19.8 Å². The van der Waals surface area contributed by atoms with Gasteiger partial charge in [0, 0.05) is 12.8 Å². The topological polar surface area (TPSA) is 169 Å². The molecule has 4 N–H and O–H groups in total. The summed E-state index contributed by atoms with van der Waals surface area (Å²) in [7, 11) is -4.77. The van der Waals surface area contributed by atoms with E-state index in [9.17, 15) is 34.1 Å². The lowest BCUT2D eigenvalue weighted by molar-refractivity contribution is -0.147. The molecule has 0 fully saturated rings. The molecule has 0 aliphatic rings. The van der Waals surface area contributed by atoms with Gasteiger partial charge < -0.3 is 25.2 Å². The van der Waals surface area contributed by atoms with Crippen LogP contribution in [0.4, 0.5) is 0 Å². The molecule has 0 aromatic heterocycles. The molecular formula is C53H92NO10P. The van der Waals surface area contributed by atoms with Gasteiger partial charge in [-0.1, -0.05) is 183 Å². The lowest BCUT2D eigenvalue weighted by Gasteiger charge is -2.18. The molecule has 12 heteroatoms. The van der Waals surface area contributed by atoms with Crippen LogP contribution in [0.2, 0.25) is 0 Å². The second kappa shape index (κ2) is 47.4. The molecule has 374 valence electrons. The number of aliphatic hydroxyl groups is 1. The largest absolute Gasteiger partial charge is 0.480 e. The van der Waals surface area contributed by atoms with Gasteiger partial charge in [0.2, 0.25) is 5.91 Å². The van der Waals surface area contributed by atoms with Crippen LogP contribution >= 0.6 is 7.82 Å². The molecule has 0 saturated carbocycles. The number of carbonyl (C=O) groups excluding carboxylic acids is 2. The van der Waals surface area contributed by atoms with Crippen LogP contribution in [-0.4, -0.2) is 64.9 Å². The monoisotopic (exact) mass is 934 g/mol. The van der Waals surface area contributed by atoms with Crippen molar-refractivity contribution in [3.05, 3.63) is 72.9 Å². The molecule has 0 spiro atoms. The van der Waals surface area contributed by atoms with E-state index < -0.39 is 57.6 Å². The number of esters is 1. The summed E-state index contributed by atoms with van der Waals surface area (Å²) in [5.74, 6) is -2.40. The van der Waals surface area contributed by atoms with E-state index in [-0.39, 0.29) is 12.8 Å². The number of hydrogen-bond acceptors (Lipinski definition) is 8. The summed E-state index contributed by atoms with van der Waals surface area (Å²) in [5.41, 5.74) is 0. The van der Waals surface area contributed by atoms with Crippen molar-refractivity contribution in [3.8, 4) is 0 Å². The summed E-state index contributed by atoms with van der Waals surface area (Å²) in [6.07, 6.45) is 57.7. The number of phosphoric acid groups is 1. The number of aliphatic carboxylic acids is 1. The van der Waals surface area contributed by atoms with E-state index in [2.05, 4.69) is 92.1 Å². The van der Waals surface area contributed by atoms with Gasteiger partial charge in [-0.05, 0) is 89.9 Å². The minimum absolute atomic E-state index is 0.129. The minimum Gasteiger partial charge on any atom is -0.480 e. The third kappa shape index (κ3) is 47.2. The molecule has 0 aliphatic carbocycles. The normalized spacial score (nSPS) is 14.2. The van der Waals surface area contributed by atoms with E-state index in [0.29, 0.717) is 12.8 Å². The van der Waals surface area contributed by atoms with Crippen molar-refractivity contribution in [1.82, 2.24) is 5.32 Å². The van der Waals surface area contributed by atoms with Gasteiger partial charge in [0.15, 0.2) is 6.04 Å². The van der Waals surface area contributed by atoms with Gasteiger partial charge in [-0.25, -0.2) is 9.36 Å². The molecule has 65 heavy (non-hydrogen) atoms. The van der Waals surface area contributed by atoms with E-state index in [1.165, 1.54) is 77.0 Å². The van der Waals surface area contributed by atoms with Crippen LogP contribution in [0.1, 0.15) is 213 Å². The predicted octanol–water partition coefficient (Wildman–Crippen LogP) is 14.1. The number of carboxylic acid groups (broad SMARTS) is 1. The summed E-state index contributed by atoms with van der Waals surface area (Å²) in [6.45, 7) is 2.55. The standard InChI is InChI=1S/C53H92NO10P/c1-3-5-7-9-11-13-15-17-19-21-23-24-25-26-27-28-30-32-34-36-38-40-42-44-51(56)54-50(53(58)59)48-64-65(60,61)63-47-49(55)46-62-52(57)45-43-41-39-37-35-33-31-29-22-20-18-16-14-12-10-8-6-4-2/h11,13-14,16-17,19-20,22-24,26-27,49-50,55H,3-10,12,15,18,21,25,28-48H2,1-2H3,(H,54,56)(H,58,59)(H,60,61)/b13-11-,16-14-,19-17-,22-20-,24-23-,27-26-. The van der Waals surface area contributed by atoms with Crippen molar-refractivity contribution < 1.29 is 47.8 Å². The number of hydrogen-bond donors (Lipinski definition) is 4. The summed E-state index contributed by atoms with van der Waals surface area (Å²) in [5, 5.41) is 21.9. The third-order valence-corrected chi connectivity index (χ3v) is 11.7. The second-order valence-electron chi connectivity index (χ2n) is 17.0. The molecule has 11 nitrogen and oxygen atoms in total. The first-order valence-corrected chi connectivity index (χ1v) is 27.0. The Hall–Kier alpha value is -3.08. The number of rotatable bonds is 47. The van der Waals surface area contributed by atoms with Crippen LogP contribution in [-0.2, 0) is 32.7 Å². The number of unbranched alkanes of at least 4 members (excludes halogenated alkanes) is 21. The zero-order chi connectivity index (χ0) is 47.7. The Kier molecular flexibility index (Phi) is 45.2. The number of carboxylic acids is 1. The average Bonchev–Trinajstić information content (AvgIpc) is 3.28. The minimum atomic E-state index is -4.77. The fraction of sp³-hybridized carbons (Fsp3) is 0.717. The van der Waals surface area contributed by atoms with E-state index in [4.69, 9.17) is 13.8 Å². The number of aliphatic hydroxyl groups excluding tert-OH is 1. The Balaban J connectivity index is 3.89. The van der Waals surface area contributed by atoms with Crippen LogP contribution in [0.15, 0.2) is 72.9 Å².